The number of carbonyl (C=O) groups is 1. The lowest BCUT2D eigenvalue weighted by Crippen LogP contribution is -2.42. The van der Waals surface area contributed by atoms with E-state index >= 15 is 0 Å². The van der Waals surface area contributed by atoms with Crippen molar-refractivity contribution in [1.29, 1.82) is 0 Å². The highest BCUT2D eigenvalue weighted by Gasteiger charge is 2.28. The van der Waals surface area contributed by atoms with Crippen LogP contribution in [0.15, 0.2) is 0 Å². The predicted octanol–water partition coefficient (Wildman–Crippen LogP) is -0.0454. The van der Waals surface area contributed by atoms with Crippen molar-refractivity contribution < 1.29 is 9.90 Å². The first-order chi connectivity index (χ1) is 6.69. The maximum absolute atomic E-state index is 11.7. The molecule has 0 aromatic rings. The summed E-state index contributed by atoms with van der Waals surface area (Å²) in [7, 11) is 0. The number of nitrogens with zero attached hydrogens (tertiary/aromatic N) is 1. The molecule has 0 saturated carbocycles. The van der Waals surface area contributed by atoms with Gasteiger partial charge in [0.25, 0.3) is 0 Å². The summed E-state index contributed by atoms with van der Waals surface area (Å²) in [5.74, 6) is 0.301. The summed E-state index contributed by atoms with van der Waals surface area (Å²) in [6, 6.07) is -0.350. The highest BCUT2D eigenvalue weighted by atomic mass is 16.3. The van der Waals surface area contributed by atoms with Crippen molar-refractivity contribution in [1.82, 2.24) is 4.90 Å². The normalized spacial score (nSPS) is 23.9. The van der Waals surface area contributed by atoms with Crippen molar-refractivity contribution in [2.24, 2.45) is 11.7 Å². The molecule has 0 bridgehead atoms. The summed E-state index contributed by atoms with van der Waals surface area (Å²) < 4.78 is 0. The summed E-state index contributed by atoms with van der Waals surface area (Å²) in [6.07, 6.45) is 2.59. The third kappa shape index (κ3) is 2.69. The predicted molar refractivity (Wildman–Crippen MR) is 54.7 cm³/mol. The molecule has 4 nitrogen and oxygen atoms in total. The highest BCUT2D eigenvalue weighted by molar-refractivity contribution is 5.81. The fourth-order valence-electron chi connectivity index (χ4n) is 1.85. The lowest BCUT2D eigenvalue weighted by atomic mass is 10.1. The van der Waals surface area contributed by atoms with E-state index in [0.29, 0.717) is 6.54 Å². The van der Waals surface area contributed by atoms with Crippen LogP contribution in [0.3, 0.4) is 0 Å². The third-order valence-electron chi connectivity index (χ3n) is 2.77. The Morgan fingerprint density at radius 2 is 2.43 bits per heavy atom. The maximum atomic E-state index is 11.7. The van der Waals surface area contributed by atoms with Crippen molar-refractivity contribution in [3.8, 4) is 0 Å². The minimum Gasteiger partial charge on any atom is -0.396 e. The minimum atomic E-state index is -0.350. The van der Waals surface area contributed by atoms with E-state index in [1.54, 1.807) is 4.90 Å². The van der Waals surface area contributed by atoms with Gasteiger partial charge in [-0.1, -0.05) is 13.3 Å². The summed E-state index contributed by atoms with van der Waals surface area (Å²) >= 11 is 0. The van der Waals surface area contributed by atoms with Crippen LogP contribution in [-0.2, 0) is 4.79 Å². The van der Waals surface area contributed by atoms with Crippen LogP contribution in [0, 0.1) is 5.92 Å². The van der Waals surface area contributed by atoms with Crippen LogP contribution >= 0.6 is 0 Å². The van der Waals surface area contributed by atoms with Gasteiger partial charge in [0, 0.05) is 25.6 Å². The Labute approximate surface area is 85.1 Å². The lowest BCUT2D eigenvalue weighted by Gasteiger charge is -2.20. The van der Waals surface area contributed by atoms with E-state index in [-0.39, 0.29) is 24.5 Å². The van der Waals surface area contributed by atoms with E-state index in [9.17, 15) is 4.79 Å². The van der Waals surface area contributed by atoms with Gasteiger partial charge in [-0.05, 0) is 12.8 Å². The molecule has 82 valence electrons. The molecule has 1 aliphatic rings. The highest BCUT2D eigenvalue weighted by Crippen LogP contribution is 2.16. The van der Waals surface area contributed by atoms with Gasteiger partial charge in [-0.2, -0.15) is 0 Å². The van der Waals surface area contributed by atoms with Gasteiger partial charge in [0.1, 0.15) is 0 Å². The van der Waals surface area contributed by atoms with Crippen LogP contribution in [0.1, 0.15) is 26.2 Å². The average molecular weight is 200 g/mol. The first kappa shape index (κ1) is 11.5. The first-order valence-electron chi connectivity index (χ1n) is 5.34. The van der Waals surface area contributed by atoms with Gasteiger partial charge >= 0.3 is 0 Å². The van der Waals surface area contributed by atoms with Crippen LogP contribution in [0.5, 0.6) is 0 Å². The number of nitrogens with two attached hydrogens (primary N) is 1. The number of aliphatic hydroxyl groups is 1. The molecule has 1 aliphatic heterocycles. The molecule has 14 heavy (non-hydrogen) atoms. The van der Waals surface area contributed by atoms with Crippen LogP contribution in [-0.4, -0.2) is 41.7 Å². The van der Waals surface area contributed by atoms with Crippen LogP contribution in [0.25, 0.3) is 0 Å². The van der Waals surface area contributed by atoms with Gasteiger partial charge in [0.05, 0.1) is 6.04 Å². The number of rotatable bonds is 4. The van der Waals surface area contributed by atoms with E-state index in [1.807, 2.05) is 6.92 Å². The molecule has 3 N–H and O–H groups in total. The van der Waals surface area contributed by atoms with Crippen molar-refractivity contribution >= 4 is 5.91 Å². The molecule has 4 heteroatoms. The quantitative estimate of drug-likeness (QED) is 0.669. The zero-order valence-electron chi connectivity index (χ0n) is 8.78. The molecule has 1 fully saturated rings. The molecule has 1 rings (SSSR count). The number of aliphatic hydroxyl groups excluding tert-OH is 1. The lowest BCUT2D eigenvalue weighted by molar-refractivity contribution is -0.131. The summed E-state index contributed by atoms with van der Waals surface area (Å²) in [5, 5.41) is 8.94. The number of hydrogen-bond acceptors (Lipinski definition) is 3. The Balaban J connectivity index is 2.38. The standard InChI is InChI=1S/C10H20N2O2/c1-2-3-9(11)10(14)12-5-4-8(6-12)7-13/h8-9,13H,2-7,11H2,1H3. The Kier molecular flexibility index (Phi) is 4.35. The van der Waals surface area contributed by atoms with Crippen molar-refractivity contribution in [2.75, 3.05) is 19.7 Å². The van der Waals surface area contributed by atoms with Crippen molar-refractivity contribution in [3.63, 3.8) is 0 Å². The summed E-state index contributed by atoms with van der Waals surface area (Å²) in [5.41, 5.74) is 5.74. The largest absolute Gasteiger partial charge is 0.396 e. The van der Waals surface area contributed by atoms with Crippen molar-refractivity contribution in [2.45, 2.75) is 32.2 Å². The van der Waals surface area contributed by atoms with E-state index in [1.165, 1.54) is 0 Å². The molecular formula is C10H20N2O2. The van der Waals surface area contributed by atoms with Gasteiger partial charge in [-0.25, -0.2) is 0 Å². The smallest absolute Gasteiger partial charge is 0.239 e. The SMILES string of the molecule is CCCC(N)C(=O)N1CCC(CO)C1. The average Bonchev–Trinajstić information content (AvgIpc) is 2.65. The van der Waals surface area contributed by atoms with Crippen LogP contribution in [0.4, 0.5) is 0 Å². The van der Waals surface area contributed by atoms with Crippen molar-refractivity contribution in [3.05, 3.63) is 0 Å². The molecule has 0 aliphatic carbocycles. The summed E-state index contributed by atoms with van der Waals surface area (Å²) in [6.45, 7) is 3.62. The zero-order valence-corrected chi connectivity index (χ0v) is 8.78. The Bertz CT molecular complexity index is 197. The second-order valence-electron chi connectivity index (χ2n) is 4.02. The second-order valence-corrected chi connectivity index (χ2v) is 4.02. The Morgan fingerprint density at radius 1 is 1.71 bits per heavy atom. The van der Waals surface area contributed by atoms with Crippen LogP contribution in [0.2, 0.25) is 0 Å². The number of hydrogen-bond donors (Lipinski definition) is 2. The van der Waals surface area contributed by atoms with Gasteiger partial charge < -0.3 is 15.7 Å². The van der Waals surface area contributed by atoms with E-state index in [0.717, 1.165) is 25.8 Å². The van der Waals surface area contributed by atoms with Gasteiger partial charge in [-0.3, -0.25) is 4.79 Å². The minimum absolute atomic E-state index is 0.0443. The van der Waals surface area contributed by atoms with E-state index in [4.69, 9.17) is 10.8 Å². The molecule has 0 aromatic heterocycles. The fourth-order valence-corrected chi connectivity index (χ4v) is 1.85. The molecule has 0 spiro atoms. The Morgan fingerprint density at radius 3 is 2.93 bits per heavy atom. The molecule has 1 saturated heterocycles. The second kappa shape index (κ2) is 5.32. The number of carbonyl (C=O) groups excluding carboxylic acids is 1. The first-order valence-corrected chi connectivity index (χ1v) is 5.34. The monoisotopic (exact) mass is 200 g/mol. The molecule has 0 aromatic carbocycles. The Hall–Kier alpha value is -0.610. The van der Waals surface area contributed by atoms with E-state index < -0.39 is 0 Å². The zero-order chi connectivity index (χ0) is 10.6. The molecule has 0 radical (unpaired) electrons. The number of amides is 1. The fraction of sp³-hybridized carbons (Fsp3) is 0.900. The third-order valence-corrected chi connectivity index (χ3v) is 2.77. The van der Waals surface area contributed by atoms with Gasteiger partial charge in [-0.15, -0.1) is 0 Å². The molecule has 2 unspecified atom stereocenters. The number of likely N-dealkylation sites (tertiary alicyclic amines) is 1. The van der Waals surface area contributed by atoms with Crippen LogP contribution < -0.4 is 5.73 Å². The topological polar surface area (TPSA) is 66.6 Å². The maximum Gasteiger partial charge on any atom is 0.239 e. The molecule has 1 heterocycles. The molecular weight excluding hydrogens is 180 g/mol. The van der Waals surface area contributed by atoms with Gasteiger partial charge in [0.2, 0.25) is 5.91 Å². The molecule has 2 atom stereocenters. The van der Waals surface area contributed by atoms with E-state index in [2.05, 4.69) is 0 Å². The molecule has 1 amide bonds. The summed E-state index contributed by atoms with van der Waals surface area (Å²) in [4.78, 5) is 13.5. The van der Waals surface area contributed by atoms with Gasteiger partial charge in [0.15, 0.2) is 0 Å².